The van der Waals surface area contributed by atoms with Gasteiger partial charge in [0.25, 0.3) is 5.69 Å². The quantitative estimate of drug-likeness (QED) is 0.643. The SMILES string of the molecule is CCC(Nc1ccc([N+](=O)[O-])c(C(F)(F)F)c1)C(=O)O. The number of carbonyl (C=O) groups is 1. The van der Waals surface area contributed by atoms with Gasteiger partial charge in [0.05, 0.1) is 4.92 Å². The maximum absolute atomic E-state index is 12.7. The summed E-state index contributed by atoms with van der Waals surface area (Å²) in [5, 5.41) is 21.8. The Labute approximate surface area is 111 Å². The van der Waals surface area contributed by atoms with Gasteiger partial charge < -0.3 is 10.4 Å². The van der Waals surface area contributed by atoms with Gasteiger partial charge in [-0.1, -0.05) is 6.92 Å². The molecule has 1 unspecified atom stereocenters. The molecule has 0 aromatic heterocycles. The normalized spacial score (nSPS) is 12.8. The third-order valence-electron chi connectivity index (χ3n) is 2.55. The van der Waals surface area contributed by atoms with Gasteiger partial charge in [-0.15, -0.1) is 0 Å². The van der Waals surface area contributed by atoms with E-state index in [0.717, 1.165) is 6.07 Å². The van der Waals surface area contributed by atoms with Gasteiger partial charge in [-0.2, -0.15) is 13.2 Å². The molecule has 0 saturated heterocycles. The highest BCUT2D eigenvalue weighted by Gasteiger charge is 2.38. The van der Waals surface area contributed by atoms with E-state index in [0.29, 0.717) is 12.1 Å². The predicted octanol–water partition coefficient (Wildman–Crippen LogP) is 2.89. The number of nitrogens with zero attached hydrogens (tertiary/aromatic N) is 1. The molecule has 0 aliphatic rings. The highest BCUT2D eigenvalue weighted by Crippen LogP contribution is 2.37. The molecule has 0 aliphatic heterocycles. The van der Waals surface area contributed by atoms with Crippen molar-refractivity contribution in [3.63, 3.8) is 0 Å². The van der Waals surface area contributed by atoms with Crippen molar-refractivity contribution in [1.29, 1.82) is 0 Å². The first-order valence-electron chi connectivity index (χ1n) is 5.51. The van der Waals surface area contributed by atoms with E-state index >= 15 is 0 Å². The largest absolute Gasteiger partial charge is 0.480 e. The van der Waals surface area contributed by atoms with E-state index in [1.165, 1.54) is 0 Å². The smallest absolute Gasteiger partial charge is 0.423 e. The average Bonchev–Trinajstić information content (AvgIpc) is 2.34. The van der Waals surface area contributed by atoms with E-state index in [1.807, 2.05) is 0 Å². The second-order valence-corrected chi connectivity index (χ2v) is 3.93. The van der Waals surface area contributed by atoms with Crippen LogP contribution in [0.4, 0.5) is 24.5 Å². The number of anilines is 1. The summed E-state index contributed by atoms with van der Waals surface area (Å²) < 4.78 is 38.2. The Bertz CT molecular complexity index is 531. The number of benzene rings is 1. The van der Waals surface area contributed by atoms with Gasteiger partial charge in [0, 0.05) is 11.8 Å². The van der Waals surface area contributed by atoms with Crippen LogP contribution in [0.25, 0.3) is 0 Å². The molecule has 0 heterocycles. The van der Waals surface area contributed by atoms with E-state index in [2.05, 4.69) is 5.32 Å². The summed E-state index contributed by atoms with van der Waals surface area (Å²) in [6.07, 6.45) is -4.75. The number of nitro groups is 1. The fourth-order valence-electron chi connectivity index (χ4n) is 1.55. The number of aliphatic carboxylic acids is 1. The van der Waals surface area contributed by atoms with E-state index in [-0.39, 0.29) is 12.1 Å². The van der Waals surface area contributed by atoms with Crippen molar-refractivity contribution in [2.24, 2.45) is 0 Å². The monoisotopic (exact) mass is 292 g/mol. The van der Waals surface area contributed by atoms with Crippen molar-refractivity contribution >= 4 is 17.3 Å². The summed E-state index contributed by atoms with van der Waals surface area (Å²) in [7, 11) is 0. The van der Waals surface area contributed by atoms with Crippen LogP contribution in [0.5, 0.6) is 0 Å². The number of carboxylic acid groups (broad SMARTS) is 1. The van der Waals surface area contributed by atoms with Crippen LogP contribution in [-0.2, 0) is 11.0 Å². The molecule has 6 nitrogen and oxygen atoms in total. The molecule has 0 bridgehead atoms. The van der Waals surface area contributed by atoms with Gasteiger partial charge in [-0.3, -0.25) is 10.1 Å². The predicted molar refractivity (Wildman–Crippen MR) is 63.4 cm³/mol. The van der Waals surface area contributed by atoms with E-state index in [4.69, 9.17) is 5.11 Å². The maximum Gasteiger partial charge on any atom is 0.423 e. The third kappa shape index (κ3) is 3.59. The fraction of sp³-hybridized carbons (Fsp3) is 0.364. The summed E-state index contributed by atoms with van der Waals surface area (Å²) in [4.78, 5) is 20.2. The van der Waals surface area contributed by atoms with Crippen LogP contribution in [0.1, 0.15) is 18.9 Å². The molecule has 0 saturated carbocycles. The van der Waals surface area contributed by atoms with Crippen molar-refractivity contribution in [3.8, 4) is 0 Å². The Hall–Kier alpha value is -2.32. The first-order chi connectivity index (χ1) is 9.16. The van der Waals surface area contributed by atoms with Gasteiger partial charge in [-0.25, -0.2) is 4.79 Å². The lowest BCUT2D eigenvalue weighted by molar-refractivity contribution is -0.388. The van der Waals surface area contributed by atoms with Crippen molar-refractivity contribution in [1.82, 2.24) is 0 Å². The van der Waals surface area contributed by atoms with Crippen molar-refractivity contribution in [2.75, 3.05) is 5.32 Å². The molecule has 1 aromatic carbocycles. The van der Waals surface area contributed by atoms with Gasteiger partial charge >= 0.3 is 12.1 Å². The van der Waals surface area contributed by atoms with Gasteiger partial charge in [0.1, 0.15) is 11.6 Å². The van der Waals surface area contributed by atoms with Crippen LogP contribution in [0.15, 0.2) is 18.2 Å². The first kappa shape index (κ1) is 15.7. The first-order valence-corrected chi connectivity index (χ1v) is 5.51. The Morgan fingerprint density at radius 3 is 2.50 bits per heavy atom. The lowest BCUT2D eigenvalue weighted by Crippen LogP contribution is -2.28. The van der Waals surface area contributed by atoms with Crippen LogP contribution in [0, 0.1) is 10.1 Å². The Balaban J connectivity index is 3.19. The number of rotatable bonds is 5. The molecule has 0 fully saturated rings. The molecule has 0 amide bonds. The van der Waals surface area contributed by atoms with Crippen LogP contribution < -0.4 is 5.32 Å². The molecule has 0 radical (unpaired) electrons. The summed E-state index contributed by atoms with van der Waals surface area (Å²) in [6, 6.07) is 1.19. The lowest BCUT2D eigenvalue weighted by atomic mass is 10.1. The molecule has 20 heavy (non-hydrogen) atoms. The summed E-state index contributed by atoms with van der Waals surface area (Å²) >= 11 is 0. The third-order valence-corrected chi connectivity index (χ3v) is 2.55. The molecule has 110 valence electrons. The zero-order valence-electron chi connectivity index (χ0n) is 10.3. The molecule has 1 rings (SSSR count). The highest BCUT2D eigenvalue weighted by molar-refractivity contribution is 5.77. The molecule has 9 heteroatoms. The van der Waals surface area contributed by atoms with Crippen LogP contribution >= 0.6 is 0 Å². The average molecular weight is 292 g/mol. The van der Waals surface area contributed by atoms with Gasteiger partial charge in [0.2, 0.25) is 0 Å². The molecule has 2 N–H and O–H groups in total. The van der Waals surface area contributed by atoms with Gasteiger partial charge in [-0.05, 0) is 18.6 Å². The number of halogens is 3. The second kappa shape index (κ2) is 5.76. The standard InChI is InChI=1S/C11H11F3N2O4/c1-2-8(10(17)18)15-6-3-4-9(16(19)20)7(5-6)11(12,13)14/h3-5,8,15H,2H2,1H3,(H,17,18). The molecule has 1 atom stereocenters. The van der Waals surface area contributed by atoms with Crippen molar-refractivity contribution in [3.05, 3.63) is 33.9 Å². The minimum absolute atomic E-state index is 0.142. The number of nitrogens with one attached hydrogen (secondary N) is 1. The van der Waals surface area contributed by atoms with Crippen LogP contribution in [0.3, 0.4) is 0 Å². The number of carboxylic acids is 1. The number of hydrogen-bond acceptors (Lipinski definition) is 4. The van der Waals surface area contributed by atoms with Gasteiger partial charge in [0.15, 0.2) is 0 Å². The second-order valence-electron chi connectivity index (χ2n) is 3.93. The zero-order chi connectivity index (χ0) is 15.5. The Kier molecular flexibility index (Phi) is 4.53. The molecular weight excluding hydrogens is 281 g/mol. The number of nitro benzene ring substituents is 1. The fourth-order valence-corrected chi connectivity index (χ4v) is 1.55. The summed E-state index contributed by atoms with van der Waals surface area (Å²) in [5.74, 6) is -1.22. The topological polar surface area (TPSA) is 92.5 Å². The number of hydrogen-bond donors (Lipinski definition) is 2. The zero-order valence-corrected chi connectivity index (χ0v) is 10.3. The summed E-state index contributed by atoms with van der Waals surface area (Å²) in [6.45, 7) is 1.54. The Morgan fingerprint density at radius 1 is 1.50 bits per heavy atom. The van der Waals surface area contributed by atoms with E-state index in [9.17, 15) is 28.1 Å². The van der Waals surface area contributed by atoms with E-state index in [1.54, 1.807) is 6.92 Å². The molecular formula is C11H11F3N2O4. The lowest BCUT2D eigenvalue weighted by Gasteiger charge is -2.15. The van der Waals surface area contributed by atoms with Crippen molar-refractivity contribution < 1.29 is 28.0 Å². The van der Waals surface area contributed by atoms with Crippen molar-refractivity contribution in [2.45, 2.75) is 25.6 Å². The molecule has 1 aromatic rings. The van der Waals surface area contributed by atoms with Crippen LogP contribution in [-0.4, -0.2) is 22.0 Å². The molecule has 0 spiro atoms. The van der Waals surface area contributed by atoms with Crippen LogP contribution in [0.2, 0.25) is 0 Å². The highest BCUT2D eigenvalue weighted by atomic mass is 19.4. The van der Waals surface area contributed by atoms with E-state index < -0.39 is 34.4 Å². The summed E-state index contributed by atoms with van der Waals surface area (Å²) in [5.41, 5.74) is -2.64. The minimum atomic E-state index is -4.90. The Morgan fingerprint density at radius 2 is 2.10 bits per heavy atom. The molecule has 0 aliphatic carbocycles. The number of alkyl halides is 3. The minimum Gasteiger partial charge on any atom is -0.480 e. The maximum atomic E-state index is 12.7.